The van der Waals surface area contributed by atoms with Gasteiger partial charge in [-0.3, -0.25) is 4.79 Å². The van der Waals surface area contributed by atoms with E-state index < -0.39 is 0 Å². The Morgan fingerprint density at radius 1 is 1.08 bits per heavy atom. The predicted octanol–water partition coefficient (Wildman–Crippen LogP) is 2.83. The molecule has 0 aromatic heterocycles. The summed E-state index contributed by atoms with van der Waals surface area (Å²) in [5.41, 5.74) is 1.23. The second-order valence-electron chi connectivity index (χ2n) is 7.32. The molecule has 1 N–H and O–H groups in total. The van der Waals surface area contributed by atoms with Crippen LogP contribution in [0.1, 0.15) is 44.1 Å². The summed E-state index contributed by atoms with van der Waals surface area (Å²) < 4.78 is 0. The molecule has 1 aromatic carbocycles. The molecule has 1 aromatic rings. The van der Waals surface area contributed by atoms with Crippen molar-refractivity contribution in [2.45, 2.75) is 38.5 Å². The van der Waals surface area contributed by atoms with E-state index in [2.05, 4.69) is 24.4 Å². The van der Waals surface area contributed by atoms with Gasteiger partial charge in [-0.2, -0.15) is 0 Å². The van der Waals surface area contributed by atoms with Crippen molar-refractivity contribution in [2.24, 2.45) is 5.92 Å². The second kappa shape index (κ2) is 8.37. The van der Waals surface area contributed by atoms with Crippen molar-refractivity contribution in [1.82, 2.24) is 15.1 Å². The summed E-state index contributed by atoms with van der Waals surface area (Å²) >= 11 is 0. The van der Waals surface area contributed by atoms with Crippen LogP contribution in [0.4, 0.5) is 4.79 Å². The van der Waals surface area contributed by atoms with Crippen molar-refractivity contribution < 1.29 is 9.59 Å². The number of hydrogen-bond donors (Lipinski definition) is 1. The molecule has 3 amide bonds. The van der Waals surface area contributed by atoms with Crippen LogP contribution in [0.2, 0.25) is 0 Å². The van der Waals surface area contributed by atoms with E-state index in [1.807, 2.05) is 28.0 Å². The zero-order valence-electron chi connectivity index (χ0n) is 15.1. The van der Waals surface area contributed by atoms with E-state index in [-0.39, 0.29) is 23.8 Å². The quantitative estimate of drug-likeness (QED) is 0.914. The standard InChI is InChI=1S/C20H29N3O2/c1-16(17-8-3-2-4-9-17)14-21-19(24)18-10-7-13-23(15-18)20(25)22-11-5-6-12-22/h2-4,8-9,16,18H,5-7,10-15H2,1H3,(H,21,24)/t16-,18+/m1/s1. The first-order valence-corrected chi connectivity index (χ1v) is 9.51. The van der Waals surface area contributed by atoms with Gasteiger partial charge < -0.3 is 15.1 Å². The lowest BCUT2D eigenvalue weighted by Crippen LogP contribution is -2.49. The van der Waals surface area contributed by atoms with Crippen molar-refractivity contribution in [1.29, 1.82) is 0 Å². The van der Waals surface area contributed by atoms with Crippen LogP contribution in [-0.4, -0.2) is 54.5 Å². The van der Waals surface area contributed by atoms with Gasteiger partial charge in [-0.05, 0) is 37.2 Å². The maximum atomic E-state index is 12.6. The smallest absolute Gasteiger partial charge is 0.320 e. The Morgan fingerprint density at radius 3 is 2.48 bits per heavy atom. The molecule has 2 aliphatic heterocycles. The number of carbonyl (C=O) groups is 2. The Bertz CT molecular complexity index is 584. The van der Waals surface area contributed by atoms with Crippen LogP contribution >= 0.6 is 0 Å². The molecule has 2 fully saturated rings. The number of benzene rings is 1. The third-order valence-corrected chi connectivity index (χ3v) is 5.39. The first-order chi connectivity index (χ1) is 12.1. The summed E-state index contributed by atoms with van der Waals surface area (Å²) in [6.45, 7) is 5.82. The largest absolute Gasteiger partial charge is 0.355 e. The lowest BCUT2D eigenvalue weighted by Gasteiger charge is -2.34. The first-order valence-electron chi connectivity index (χ1n) is 9.51. The molecular formula is C20H29N3O2. The number of hydrogen-bond acceptors (Lipinski definition) is 2. The second-order valence-corrected chi connectivity index (χ2v) is 7.32. The van der Waals surface area contributed by atoms with Gasteiger partial charge >= 0.3 is 6.03 Å². The van der Waals surface area contributed by atoms with Crippen LogP contribution in [0.3, 0.4) is 0 Å². The molecule has 3 rings (SSSR count). The molecule has 0 bridgehead atoms. The number of carbonyl (C=O) groups excluding carboxylic acids is 2. The summed E-state index contributed by atoms with van der Waals surface area (Å²) in [5, 5.41) is 3.09. The number of nitrogens with zero attached hydrogens (tertiary/aromatic N) is 2. The number of amides is 3. The van der Waals surface area contributed by atoms with E-state index in [0.29, 0.717) is 13.1 Å². The Morgan fingerprint density at radius 2 is 1.76 bits per heavy atom. The van der Waals surface area contributed by atoms with E-state index in [1.54, 1.807) is 0 Å². The van der Waals surface area contributed by atoms with Gasteiger partial charge in [0.25, 0.3) is 0 Å². The molecule has 0 saturated carbocycles. The molecule has 2 heterocycles. The van der Waals surface area contributed by atoms with Gasteiger partial charge in [-0.25, -0.2) is 4.79 Å². The molecule has 0 unspecified atom stereocenters. The van der Waals surface area contributed by atoms with E-state index in [0.717, 1.165) is 45.3 Å². The molecule has 25 heavy (non-hydrogen) atoms. The molecule has 136 valence electrons. The molecular weight excluding hydrogens is 314 g/mol. The highest BCUT2D eigenvalue weighted by Gasteiger charge is 2.31. The van der Waals surface area contributed by atoms with E-state index in [4.69, 9.17) is 0 Å². The Labute approximate surface area is 150 Å². The molecule has 2 aliphatic rings. The Hall–Kier alpha value is -2.04. The van der Waals surface area contributed by atoms with Gasteiger partial charge in [0.15, 0.2) is 0 Å². The first kappa shape index (κ1) is 17.8. The highest BCUT2D eigenvalue weighted by molar-refractivity contribution is 5.81. The highest BCUT2D eigenvalue weighted by atomic mass is 16.2. The van der Waals surface area contributed by atoms with Crippen molar-refractivity contribution in [3.63, 3.8) is 0 Å². The summed E-state index contributed by atoms with van der Waals surface area (Å²) in [6, 6.07) is 10.4. The number of rotatable bonds is 4. The van der Waals surface area contributed by atoms with E-state index >= 15 is 0 Å². The SMILES string of the molecule is C[C@H](CNC(=O)[C@H]1CCCN(C(=O)N2CCCC2)C1)c1ccccc1. The summed E-state index contributed by atoms with van der Waals surface area (Å²) in [5.74, 6) is 0.293. The maximum absolute atomic E-state index is 12.6. The molecule has 0 spiro atoms. The zero-order chi connectivity index (χ0) is 17.6. The normalized spacial score (nSPS) is 21.9. The summed E-state index contributed by atoms with van der Waals surface area (Å²) in [4.78, 5) is 28.9. The lowest BCUT2D eigenvalue weighted by atomic mass is 9.96. The van der Waals surface area contributed by atoms with Crippen LogP contribution in [0.25, 0.3) is 0 Å². The van der Waals surface area contributed by atoms with Gasteiger partial charge in [0.1, 0.15) is 0 Å². The third kappa shape index (κ3) is 4.53. The fourth-order valence-electron chi connectivity index (χ4n) is 3.77. The van der Waals surface area contributed by atoms with Gasteiger partial charge in [0, 0.05) is 32.7 Å². The zero-order valence-corrected chi connectivity index (χ0v) is 15.1. The fraction of sp³-hybridized carbons (Fsp3) is 0.600. The highest BCUT2D eigenvalue weighted by Crippen LogP contribution is 2.20. The number of urea groups is 1. The molecule has 2 saturated heterocycles. The number of piperidine rings is 1. The van der Waals surface area contributed by atoms with Gasteiger partial charge in [0.2, 0.25) is 5.91 Å². The lowest BCUT2D eigenvalue weighted by molar-refractivity contribution is -0.126. The monoisotopic (exact) mass is 343 g/mol. The minimum absolute atomic E-state index is 0.0803. The average molecular weight is 343 g/mol. The topological polar surface area (TPSA) is 52.7 Å². The van der Waals surface area contributed by atoms with Crippen LogP contribution < -0.4 is 5.32 Å². The van der Waals surface area contributed by atoms with E-state index in [1.165, 1.54) is 5.56 Å². The molecule has 0 aliphatic carbocycles. The average Bonchev–Trinajstić information content (AvgIpc) is 3.20. The maximum Gasteiger partial charge on any atom is 0.320 e. The van der Waals surface area contributed by atoms with Crippen molar-refractivity contribution in [3.05, 3.63) is 35.9 Å². The molecule has 0 radical (unpaired) electrons. The molecule has 2 atom stereocenters. The number of likely N-dealkylation sites (tertiary alicyclic amines) is 2. The van der Waals surface area contributed by atoms with E-state index in [9.17, 15) is 9.59 Å². The predicted molar refractivity (Wildman–Crippen MR) is 98.4 cm³/mol. The fourth-order valence-corrected chi connectivity index (χ4v) is 3.77. The van der Waals surface area contributed by atoms with Crippen LogP contribution in [0, 0.1) is 5.92 Å². The Kier molecular flexibility index (Phi) is 5.95. The minimum atomic E-state index is -0.0803. The van der Waals surface area contributed by atoms with Crippen molar-refractivity contribution in [3.8, 4) is 0 Å². The molecule has 5 nitrogen and oxygen atoms in total. The Balaban J connectivity index is 1.49. The van der Waals surface area contributed by atoms with Gasteiger partial charge in [-0.15, -0.1) is 0 Å². The van der Waals surface area contributed by atoms with Gasteiger partial charge in [0.05, 0.1) is 5.92 Å². The van der Waals surface area contributed by atoms with Crippen LogP contribution in [-0.2, 0) is 4.79 Å². The van der Waals surface area contributed by atoms with Gasteiger partial charge in [-0.1, -0.05) is 37.3 Å². The summed E-state index contributed by atoms with van der Waals surface area (Å²) in [7, 11) is 0. The number of nitrogens with one attached hydrogen (secondary N) is 1. The van der Waals surface area contributed by atoms with Crippen molar-refractivity contribution >= 4 is 11.9 Å². The van der Waals surface area contributed by atoms with Crippen molar-refractivity contribution in [2.75, 3.05) is 32.7 Å². The minimum Gasteiger partial charge on any atom is -0.355 e. The third-order valence-electron chi connectivity index (χ3n) is 5.39. The van der Waals surface area contributed by atoms with Crippen LogP contribution in [0.5, 0.6) is 0 Å². The van der Waals surface area contributed by atoms with Crippen LogP contribution in [0.15, 0.2) is 30.3 Å². The molecule has 5 heteroatoms. The summed E-state index contributed by atoms with van der Waals surface area (Å²) in [6.07, 6.45) is 3.98.